The number of carbonyl (C=O) groups is 4. The summed E-state index contributed by atoms with van der Waals surface area (Å²) in [6, 6.07) is 23.7. The van der Waals surface area contributed by atoms with E-state index >= 15 is 0 Å². The highest BCUT2D eigenvalue weighted by molar-refractivity contribution is 8.00. The summed E-state index contributed by atoms with van der Waals surface area (Å²) >= 11 is 1.37. The number of ether oxygens (including phenoxy) is 2. The number of nitrogens with zero attached hydrogens (tertiary/aromatic N) is 1. The van der Waals surface area contributed by atoms with Gasteiger partial charge >= 0.3 is 11.9 Å². The van der Waals surface area contributed by atoms with Gasteiger partial charge in [0.05, 0.1) is 19.1 Å². The van der Waals surface area contributed by atoms with Crippen LogP contribution in [0.3, 0.4) is 0 Å². The summed E-state index contributed by atoms with van der Waals surface area (Å²) in [7, 11) is 1.56. The average molecular weight is 589 g/mol. The minimum Gasteiger partial charge on any atom is -0.497 e. The topological polar surface area (TPSA) is 120 Å². The lowest BCUT2D eigenvalue weighted by Crippen LogP contribution is -2.70. The number of amides is 2. The molecule has 0 bridgehead atoms. The third kappa shape index (κ3) is 6.64. The first-order chi connectivity index (χ1) is 20.4. The van der Waals surface area contributed by atoms with Gasteiger partial charge in [-0.2, -0.15) is 4.89 Å². The molecule has 0 aromatic heterocycles. The van der Waals surface area contributed by atoms with Gasteiger partial charge in [0.2, 0.25) is 5.91 Å². The Hall–Kier alpha value is -4.61. The summed E-state index contributed by atoms with van der Waals surface area (Å²) in [5.74, 6) is -1.21. The summed E-state index contributed by atoms with van der Waals surface area (Å²) in [4.78, 5) is 63.1. The predicted molar refractivity (Wildman–Crippen MR) is 153 cm³/mol. The van der Waals surface area contributed by atoms with E-state index in [1.165, 1.54) is 16.7 Å². The van der Waals surface area contributed by atoms with Crippen molar-refractivity contribution >= 4 is 35.5 Å². The van der Waals surface area contributed by atoms with Crippen LogP contribution in [0.15, 0.2) is 96.2 Å². The Morgan fingerprint density at radius 1 is 0.881 bits per heavy atom. The minimum atomic E-state index is -0.797. The van der Waals surface area contributed by atoms with Gasteiger partial charge in [-0.05, 0) is 35.4 Å². The van der Waals surface area contributed by atoms with Crippen LogP contribution >= 0.6 is 11.8 Å². The van der Waals surface area contributed by atoms with Gasteiger partial charge < -0.3 is 14.8 Å². The Labute approximate surface area is 246 Å². The van der Waals surface area contributed by atoms with E-state index in [2.05, 4.69) is 5.32 Å². The Morgan fingerprint density at radius 3 is 2.26 bits per heavy atom. The molecular weight excluding hydrogens is 560 g/mol. The molecule has 2 unspecified atom stereocenters. The zero-order chi connectivity index (χ0) is 29.5. The van der Waals surface area contributed by atoms with E-state index < -0.39 is 29.3 Å². The molecule has 10 nitrogen and oxygen atoms in total. The normalized spacial score (nSPS) is 17.5. The molecule has 11 heteroatoms. The Kier molecular flexibility index (Phi) is 9.20. The van der Waals surface area contributed by atoms with Gasteiger partial charge in [-0.3, -0.25) is 19.4 Å². The van der Waals surface area contributed by atoms with E-state index in [0.717, 1.165) is 11.1 Å². The van der Waals surface area contributed by atoms with E-state index in [1.54, 1.807) is 61.7 Å². The molecule has 1 N–H and O–H groups in total. The Balaban J connectivity index is 1.28. The SMILES string of the molecule is COc1ccc(COC(=O)C2=C(COOC(=O)c3ccccc3)CSC3C(NC(=O)Cc4ccccc4)C(=O)N23)cc1. The van der Waals surface area contributed by atoms with Crippen LogP contribution in [-0.2, 0) is 41.9 Å². The second kappa shape index (κ2) is 13.4. The molecule has 216 valence electrons. The predicted octanol–water partition coefficient (Wildman–Crippen LogP) is 3.42. The number of carbonyl (C=O) groups excluding carboxylic acids is 4. The maximum Gasteiger partial charge on any atom is 0.373 e. The number of hydrogen-bond donors (Lipinski definition) is 1. The van der Waals surface area contributed by atoms with E-state index in [4.69, 9.17) is 19.2 Å². The van der Waals surface area contributed by atoms with Gasteiger partial charge in [-0.1, -0.05) is 60.7 Å². The summed E-state index contributed by atoms with van der Waals surface area (Å²) in [5, 5.41) is 2.29. The summed E-state index contributed by atoms with van der Waals surface area (Å²) < 4.78 is 10.7. The maximum atomic E-state index is 13.4. The zero-order valence-corrected chi connectivity index (χ0v) is 23.5. The van der Waals surface area contributed by atoms with Gasteiger partial charge in [0.25, 0.3) is 5.91 Å². The van der Waals surface area contributed by atoms with Crippen molar-refractivity contribution in [1.29, 1.82) is 0 Å². The van der Waals surface area contributed by atoms with Crippen LogP contribution in [0.2, 0.25) is 0 Å². The number of methoxy groups -OCH3 is 1. The van der Waals surface area contributed by atoms with Crippen LogP contribution in [0.4, 0.5) is 0 Å². The lowest BCUT2D eigenvalue weighted by molar-refractivity contribution is -0.233. The van der Waals surface area contributed by atoms with Crippen LogP contribution in [0, 0.1) is 0 Å². The molecule has 2 aliphatic heterocycles. The third-order valence-electron chi connectivity index (χ3n) is 6.67. The molecule has 0 spiro atoms. The van der Waals surface area contributed by atoms with Gasteiger partial charge in [0.15, 0.2) is 0 Å². The van der Waals surface area contributed by atoms with Crippen LogP contribution in [0.25, 0.3) is 0 Å². The lowest BCUT2D eigenvalue weighted by Gasteiger charge is -2.49. The highest BCUT2D eigenvalue weighted by Gasteiger charge is 2.54. The molecule has 2 aliphatic rings. The quantitative estimate of drug-likeness (QED) is 0.155. The molecule has 0 aliphatic carbocycles. The van der Waals surface area contributed by atoms with E-state index in [0.29, 0.717) is 16.9 Å². The van der Waals surface area contributed by atoms with Crippen molar-refractivity contribution in [3.63, 3.8) is 0 Å². The second-order valence-corrected chi connectivity index (χ2v) is 10.6. The van der Waals surface area contributed by atoms with Crippen molar-refractivity contribution in [2.45, 2.75) is 24.4 Å². The minimum absolute atomic E-state index is 0.0154. The molecule has 0 saturated carbocycles. The molecular formula is C31H28N2O8S. The van der Waals surface area contributed by atoms with Gasteiger partial charge in [-0.25, -0.2) is 9.59 Å². The Morgan fingerprint density at radius 2 is 1.57 bits per heavy atom. The first kappa shape index (κ1) is 28.9. The number of fused-ring (bicyclic) bond motifs is 1. The number of rotatable bonds is 11. The maximum absolute atomic E-state index is 13.4. The largest absolute Gasteiger partial charge is 0.497 e. The average Bonchev–Trinajstić information content (AvgIpc) is 3.03. The van der Waals surface area contributed by atoms with Crippen molar-refractivity contribution in [3.8, 4) is 5.75 Å². The van der Waals surface area contributed by atoms with Crippen molar-refractivity contribution in [2.75, 3.05) is 19.5 Å². The fourth-order valence-electron chi connectivity index (χ4n) is 4.50. The number of nitrogens with one attached hydrogen (secondary N) is 1. The third-order valence-corrected chi connectivity index (χ3v) is 8.01. The molecule has 1 fully saturated rings. The van der Waals surface area contributed by atoms with E-state index in [1.807, 2.05) is 30.3 Å². The van der Waals surface area contributed by atoms with Crippen molar-refractivity contribution in [1.82, 2.24) is 10.2 Å². The second-order valence-electron chi connectivity index (χ2n) is 9.49. The van der Waals surface area contributed by atoms with Crippen LogP contribution < -0.4 is 10.1 Å². The van der Waals surface area contributed by atoms with Gasteiger partial charge in [-0.15, -0.1) is 11.8 Å². The summed E-state index contributed by atoms with van der Waals surface area (Å²) in [5.41, 5.74) is 2.28. The monoisotopic (exact) mass is 588 g/mol. The van der Waals surface area contributed by atoms with Crippen molar-refractivity contribution in [3.05, 3.63) is 113 Å². The summed E-state index contributed by atoms with van der Waals surface area (Å²) in [6.45, 7) is -0.291. The van der Waals surface area contributed by atoms with Crippen LogP contribution in [-0.4, -0.2) is 59.5 Å². The Bertz CT molecular complexity index is 1480. The first-order valence-electron chi connectivity index (χ1n) is 13.1. The van der Waals surface area contributed by atoms with Crippen molar-refractivity contribution < 1.29 is 38.4 Å². The molecule has 3 aromatic rings. The molecule has 5 rings (SSSR count). The fraction of sp³-hybridized carbons (Fsp3) is 0.226. The molecule has 2 heterocycles. The molecule has 2 amide bonds. The van der Waals surface area contributed by atoms with Gasteiger partial charge in [0.1, 0.15) is 36.1 Å². The summed E-state index contributed by atoms with van der Waals surface area (Å²) in [6.07, 6.45) is 0.125. The van der Waals surface area contributed by atoms with E-state index in [-0.39, 0.29) is 37.0 Å². The molecule has 3 aromatic carbocycles. The zero-order valence-electron chi connectivity index (χ0n) is 22.7. The van der Waals surface area contributed by atoms with Crippen molar-refractivity contribution in [2.24, 2.45) is 0 Å². The number of hydrogen-bond acceptors (Lipinski definition) is 9. The highest BCUT2D eigenvalue weighted by Crippen LogP contribution is 2.41. The fourth-order valence-corrected chi connectivity index (χ4v) is 5.83. The number of benzene rings is 3. The molecule has 0 radical (unpaired) electrons. The van der Waals surface area contributed by atoms with E-state index in [9.17, 15) is 19.2 Å². The number of thioether (sulfide) groups is 1. The molecule has 1 saturated heterocycles. The van der Waals surface area contributed by atoms with Crippen LogP contribution in [0.5, 0.6) is 5.75 Å². The number of β-lactam (4-membered cyclic amide) rings is 1. The molecule has 42 heavy (non-hydrogen) atoms. The van der Waals surface area contributed by atoms with Crippen LogP contribution in [0.1, 0.15) is 21.5 Å². The van der Waals surface area contributed by atoms with Gasteiger partial charge in [0, 0.05) is 11.3 Å². The first-order valence-corrected chi connectivity index (χ1v) is 14.2. The smallest absolute Gasteiger partial charge is 0.373 e. The molecule has 2 atom stereocenters. The lowest BCUT2D eigenvalue weighted by atomic mass is 10.0. The standard InChI is InChI=1S/C31H28N2O8S/c1-38-24-14-12-21(13-15-24)17-39-31(37)27-23(18-40-41-30(36)22-10-6-3-7-11-22)19-42-29-26(28(35)33(27)29)32-25(34)16-20-8-4-2-5-9-20/h2-15,26,29H,16-19H2,1H3,(H,32,34). The highest BCUT2D eigenvalue weighted by atomic mass is 32.2. The number of esters is 1.